The van der Waals surface area contributed by atoms with Crippen molar-refractivity contribution in [1.29, 1.82) is 0 Å². The molecule has 2 aromatic carbocycles. The average Bonchev–Trinajstić information content (AvgIpc) is 2.82. The monoisotopic (exact) mass is 537 g/mol. The Bertz CT molecular complexity index is 1370. The van der Waals surface area contributed by atoms with Crippen molar-refractivity contribution >= 4 is 32.5 Å². The summed E-state index contributed by atoms with van der Waals surface area (Å²) in [7, 11) is 1.96. The molecule has 0 bridgehead atoms. The summed E-state index contributed by atoms with van der Waals surface area (Å²) in [5.74, 6) is 0.680. The number of aromatic nitrogens is 3. The molecule has 0 saturated carbocycles. The van der Waals surface area contributed by atoms with Gasteiger partial charge in [-0.15, -0.1) is 0 Å². The van der Waals surface area contributed by atoms with Crippen LogP contribution in [0.3, 0.4) is 0 Å². The molecule has 1 atom stereocenters. The van der Waals surface area contributed by atoms with E-state index in [4.69, 9.17) is 10.7 Å². The quantitative estimate of drug-likeness (QED) is 0.254. The summed E-state index contributed by atoms with van der Waals surface area (Å²) in [6.45, 7) is 3.15. The van der Waals surface area contributed by atoms with Crippen molar-refractivity contribution in [2.24, 2.45) is 5.92 Å². The number of nitrogens with two attached hydrogens (primary N) is 1. The number of nitrogens with one attached hydrogen (secondary N) is 2. The van der Waals surface area contributed by atoms with Crippen molar-refractivity contribution in [3.8, 4) is 11.3 Å². The first kappa shape index (κ1) is 25.0. The molecule has 8 heteroatoms. The predicted molar refractivity (Wildman–Crippen MR) is 143 cm³/mol. The molecule has 0 saturated heterocycles. The standard InChI is InChI=1S/C27H29BrFN5O/c1-3-16(6-7-31-2)8-19-10-20(28)13-23-26(19)33-25(34-27(23)35)9-17-4-5-24(32-15-17)18-11-21(29)14-22(30)12-18/h4-5,10-16,31H,3,6-9,30H2,1-2H3,(H,33,34,35). The van der Waals surface area contributed by atoms with Gasteiger partial charge in [-0.2, -0.15) is 0 Å². The van der Waals surface area contributed by atoms with Crippen molar-refractivity contribution in [3.63, 3.8) is 0 Å². The number of rotatable bonds is 9. The molecular formula is C27H29BrFN5O. The molecular weight excluding hydrogens is 509 g/mol. The van der Waals surface area contributed by atoms with Crippen LogP contribution >= 0.6 is 15.9 Å². The van der Waals surface area contributed by atoms with E-state index in [0.717, 1.165) is 46.9 Å². The number of H-pyrrole nitrogens is 1. The van der Waals surface area contributed by atoms with Crippen LogP contribution in [-0.2, 0) is 12.8 Å². The number of halogens is 2. The second kappa shape index (κ2) is 11.1. The first-order valence-corrected chi connectivity index (χ1v) is 12.5. The maximum Gasteiger partial charge on any atom is 0.258 e. The number of nitrogen functional groups attached to an aromatic ring is 1. The van der Waals surface area contributed by atoms with Crippen LogP contribution in [-0.4, -0.2) is 28.5 Å². The lowest BCUT2D eigenvalue weighted by Gasteiger charge is -2.16. The van der Waals surface area contributed by atoms with Gasteiger partial charge >= 0.3 is 0 Å². The van der Waals surface area contributed by atoms with Crippen LogP contribution in [0.1, 0.15) is 36.7 Å². The Kier molecular flexibility index (Phi) is 7.93. The van der Waals surface area contributed by atoms with Crippen LogP contribution in [0.5, 0.6) is 0 Å². The molecule has 0 amide bonds. The Balaban J connectivity index is 1.63. The highest BCUT2D eigenvalue weighted by Crippen LogP contribution is 2.26. The largest absolute Gasteiger partial charge is 0.399 e. The number of pyridine rings is 1. The highest BCUT2D eigenvalue weighted by Gasteiger charge is 2.15. The van der Waals surface area contributed by atoms with E-state index < -0.39 is 5.82 Å². The zero-order valence-electron chi connectivity index (χ0n) is 19.9. The second-order valence-electron chi connectivity index (χ2n) is 8.85. The summed E-state index contributed by atoms with van der Waals surface area (Å²) in [4.78, 5) is 25.2. The molecule has 4 N–H and O–H groups in total. The molecule has 6 nitrogen and oxygen atoms in total. The third-order valence-corrected chi connectivity index (χ3v) is 6.66. The Hall–Kier alpha value is -3.10. The Morgan fingerprint density at radius 3 is 2.71 bits per heavy atom. The van der Waals surface area contributed by atoms with Crippen molar-refractivity contribution < 1.29 is 4.39 Å². The number of hydrogen-bond acceptors (Lipinski definition) is 5. The van der Waals surface area contributed by atoms with Crippen LogP contribution in [0.15, 0.2) is 57.9 Å². The van der Waals surface area contributed by atoms with Gasteiger partial charge in [-0.25, -0.2) is 9.37 Å². The van der Waals surface area contributed by atoms with E-state index in [1.807, 2.05) is 25.2 Å². The molecule has 4 aromatic rings. The van der Waals surface area contributed by atoms with Crippen LogP contribution in [0.25, 0.3) is 22.2 Å². The molecule has 2 heterocycles. The Morgan fingerprint density at radius 2 is 2.03 bits per heavy atom. The fourth-order valence-corrected chi connectivity index (χ4v) is 4.83. The summed E-state index contributed by atoms with van der Waals surface area (Å²) >= 11 is 3.56. The number of hydrogen-bond donors (Lipinski definition) is 3. The van der Waals surface area contributed by atoms with E-state index in [2.05, 4.69) is 44.2 Å². The molecule has 1 unspecified atom stereocenters. The van der Waals surface area contributed by atoms with Gasteiger partial charge in [0.1, 0.15) is 11.6 Å². The zero-order chi connectivity index (χ0) is 24.9. The number of benzene rings is 2. The third-order valence-electron chi connectivity index (χ3n) is 6.20. The molecule has 4 rings (SSSR count). The van der Waals surface area contributed by atoms with Crippen molar-refractivity contribution in [2.75, 3.05) is 19.3 Å². The molecule has 0 radical (unpaired) electrons. The highest BCUT2D eigenvalue weighted by atomic mass is 79.9. The number of aromatic amines is 1. The Morgan fingerprint density at radius 1 is 1.20 bits per heavy atom. The minimum Gasteiger partial charge on any atom is -0.399 e. The average molecular weight is 538 g/mol. The molecule has 2 aromatic heterocycles. The van der Waals surface area contributed by atoms with Gasteiger partial charge in [-0.1, -0.05) is 35.3 Å². The fourth-order valence-electron chi connectivity index (χ4n) is 4.32. The summed E-state index contributed by atoms with van der Waals surface area (Å²) in [6, 6.07) is 12.0. The van der Waals surface area contributed by atoms with E-state index in [0.29, 0.717) is 40.5 Å². The highest BCUT2D eigenvalue weighted by molar-refractivity contribution is 9.10. The summed E-state index contributed by atoms with van der Waals surface area (Å²) in [5, 5.41) is 3.80. The third kappa shape index (κ3) is 6.13. The van der Waals surface area contributed by atoms with Gasteiger partial charge in [0.25, 0.3) is 5.56 Å². The number of nitrogens with zero attached hydrogens (tertiary/aromatic N) is 2. The minimum atomic E-state index is -0.400. The fraction of sp³-hybridized carbons (Fsp3) is 0.296. The zero-order valence-corrected chi connectivity index (χ0v) is 21.5. The molecule has 182 valence electrons. The summed E-state index contributed by atoms with van der Waals surface area (Å²) < 4.78 is 14.6. The van der Waals surface area contributed by atoms with E-state index in [-0.39, 0.29) is 5.56 Å². The van der Waals surface area contributed by atoms with Gasteiger partial charge in [0.15, 0.2) is 0 Å². The van der Waals surface area contributed by atoms with Gasteiger partial charge in [0, 0.05) is 28.3 Å². The summed E-state index contributed by atoms with van der Waals surface area (Å²) in [6.07, 6.45) is 5.12. The molecule has 0 spiro atoms. The lowest BCUT2D eigenvalue weighted by Crippen LogP contribution is -2.16. The van der Waals surface area contributed by atoms with E-state index in [1.165, 1.54) is 12.1 Å². The second-order valence-corrected chi connectivity index (χ2v) is 9.76. The number of fused-ring (bicyclic) bond motifs is 1. The van der Waals surface area contributed by atoms with Crippen LogP contribution < -0.4 is 16.6 Å². The van der Waals surface area contributed by atoms with Crippen LogP contribution in [0.2, 0.25) is 0 Å². The van der Waals surface area contributed by atoms with E-state index in [1.54, 1.807) is 12.3 Å². The van der Waals surface area contributed by atoms with Crippen LogP contribution in [0, 0.1) is 11.7 Å². The topological polar surface area (TPSA) is 96.7 Å². The van der Waals surface area contributed by atoms with Crippen LogP contribution in [0.4, 0.5) is 10.1 Å². The predicted octanol–water partition coefficient (Wildman–Crippen LogP) is 5.24. The maximum absolute atomic E-state index is 13.7. The molecule has 35 heavy (non-hydrogen) atoms. The summed E-state index contributed by atoms with van der Waals surface area (Å²) in [5.41, 5.74) is 9.89. The SMILES string of the molecule is CCC(CCNC)Cc1cc(Br)cc2c(=O)[nH]c(Cc3ccc(-c4cc(N)cc(F)c4)nc3)nc12. The number of anilines is 1. The molecule has 0 fully saturated rings. The Labute approximate surface area is 212 Å². The van der Waals surface area contributed by atoms with Gasteiger partial charge in [-0.3, -0.25) is 9.78 Å². The maximum atomic E-state index is 13.7. The van der Waals surface area contributed by atoms with Gasteiger partial charge in [-0.05, 0) is 79.9 Å². The normalized spacial score (nSPS) is 12.2. The smallest absolute Gasteiger partial charge is 0.258 e. The molecule has 0 aliphatic heterocycles. The van der Waals surface area contributed by atoms with E-state index >= 15 is 0 Å². The van der Waals surface area contributed by atoms with E-state index in [9.17, 15) is 9.18 Å². The van der Waals surface area contributed by atoms with Crippen molar-refractivity contribution in [2.45, 2.75) is 32.6 Å². The molecule has 0 aliphatic carbocycles. The lowest BCUT2D eigenvalue weighted by atomic mass is 9.92. The first-order chi connectivity index (χ1) is 16.9. The van der Waals surface area contributed by atoms with Gasteiger partial charge in [0.05, 0.1) is 16.6 Å². The minimum absolute atomic E-state index is 0.157. The van der Waals surface area contributed by atoms with Crippen molar-refractivity contribution in [3.05, 3.63) is 86.3 Å². The lowest BCUT2D eigenvalue weighted by molar-refractivity contribution is 0.459. The molecule has 0 aliphatic rings. The van der Waals surface area contributed by atoms with Gasteiger partial charge < -0.3 is 16.0 Å². The first-order valence-electron chi connectivity index (χ1n) is 11.7. The van der Waals surface area contributed by atoms with Gasteiger partial charge in [0.2, 0.25) is 0 Å². The van der Waals surface area contributed by atoms with Crippen molar-refractivity contribution in [1.82, 2.24) is 20.3 Å².